The molecule has 1 aromatic heterocycles. The number of H-pyrrole nitrogens is 1. The van der Waals surface area contributed by atoms with E-state index in [1.165, 1.54) is 26.4 Å². The number of aromatic nitrogens is 2. The zero-order valence-corrected chi connectivity index (χ0v) is 16.0. The molecule has 0 aliphatic heterocycles. The zero-order valence-electron chi connectivity index (χ0n) is 16.0. The number of rotatable bonds is 11. The van der Waals surface area contributed by atoms with E-state index in [4.69, 9.17) is 10.8 Å². The number of carboxylic acids is 1. The summed E-state index contributed by atoms with van der Waals surface area (Å²) in [4.78, 5) is 54.1. The summed E-state index contributed by atoms with van der Waals surface area (Å²) in [6.45, 7) is 1.84. The normalized spacial score (nSPS) is 16.0. The number of carbonyl (C=O) groups is 4. The summed E-state index contributed by atoms with van der Waals surface area (Å²) in [7, 11) is 0. The largest absolute Gasteiger partial charge is 0.480 e. The van der Waals surface area contributed by atoms with E-state index in [1.807, 2.05) is 0 Å². The molecule has 0 aliphatic carbocycles. The quantitative estimate of drug-likeness (QED) is 0.178. The van der Waals surface area contributed by atoms with Gasteiger partial charge in [0.2, 0.25) is 17.7 Å². The molecule has 0 fully saturated rings. The highest BCUT2D eigenvalue weighted by Gasteiger charge is 2.31. The molecule has 5 atom stereocenters. The second-order valence-electron chi connectivity index (χ2n) is 6.45. The van der Waals surface area contributed by atoms with Crippen LogP contribution < -0.4 is 21.7 Å². The lowest BCUT2D eigenvalue weighted by Crippen LogP contribution is -2.60. The molecule has 162 valence electrons. The number of hydrogen-bond donors (Lipinski definition) is 8. The van der Waals surface area contributed by atoms with Crippen LogP contribution in [0.3, 0.4) is 0 Å². The number of aliphatic carboxylic acids is 1. The van der Waals surface area contributed by atoms with Crippen LogP contribution in [0.1, 0.15) is 19.5 Å². The average Bonchev–Trinajstić information content (AvgIpc) is 3.15. The van der Waals surface area contributed by atoms with Crippen molar-refractivity contribution in [3.05, 3.63) is 18.2 Å². The lowest BCUT2D eigenvalue weighted by atomic mass is 10.1. The fraction of sp³-hybridized carbons (Fsp3) is 0.562. The van der Waals surface area contributed by atoms with E-state index in [1.54, 1.807) is 0 Å². The number of carbonyl (C=O) groups excluding carboxylic acids is 3. The van der Waals surface area contributed by atoms with Crippen LogP contribution in [0.5, 0.6) is 0 Å². The standard InChI is InChI=1S/C16H26N6O7/c1-7(23)12(17)15(28)21-10(3-9-4-18-6-20-9)14(27)22-13(8(2)24)16(29)19-5-11(25)26/h4,6-8,10,12-13,23-24H,3,5,17H2,1-2H3,(H,18,20)(H,19,29)(H,21,28)(H,22,27)(H,25,26). The molecular formula is C16H26N6O7. The van der Waals surface area contributed by atoms with Crippen LogP contribution in [-0.4, -0.2) is 85.9 Å². The molecule has 13 nitrogen and oxygen atoms in total. The maximum Gasteiger partial charge on any atom is 0.322 e. The van der Waals surface area contributed by atoms with E-state index >= 15 is 0 Å². The van der Waals surface area contributed by atoms with E-state index in [-0.39, 0.29) is 6.42 Å². The Bertz CT molecular complexity index is 707. The molecular weight excluding hydrogens is 388 g/mol. The molecule has 13 heteroatoms. The van der Waals surface area contributed by atoms with Crippen LogP contribution in [0.25, 0.3) is 0 Å². The fourth-order valence-electron chi connectivity index (χ4n) is 2.24. The first-order valence-corrected chi connectivity index (χ1v) is 8.72. The van der Waals surface area contributed by atoms with E-state index in [2.05, 4.69) is 25.9 Å². The molecule has 0 saturated carbocycles. The summed E-state index contributed by atoms with van der Waals surface area (Å²) >= 11 is 0. The summed E-state index contributed by atoms with van der Waals surface area (Å²) in [5, 5.41) is 34.6. The number of aliphatic hydroxyl groups is 2. The fourth-order valence-corrected chi connectivity index (χ4v) is 2.24. The molecule has 1 aromatic rings. The Balaban J connectivity index is 2.93. The summed E-state index contributed by atoms with van der Waals surface area (Å²) < 4.78 is 0. The third-order valence-corrected chi connectivity index (χ3v) is 3.91. The van der Waals surface area contributed by atoms with Crippen molar-refractivity contribution < 1.29 is 34.5 Å². The van der Waals surface area contributed by atoms with Crippen LogP contribution >= 0.6 is 0 Å². The minimum atomic E-state index is -1.46. The Morgan fingerprint density at radius 1 is 1.10 bits per heavy atom. The third-order valence-electron chi connectivity index (χ3n) is 3.91. The van der Waals surface area contributed by atoms with Crippen LogP contribution in [0.4, 0.5) is 0 Å². The van der Waals surface area contributed by atoms with Gasteiger partial charge in [-0.15, -0.1) is 0 Å². The van der Waals surface area contributed by atoms with Gasteiger partial charge in [0.15, 0.2) is 0 Å². The summed E-state index contributed by atoms with van der Waals surface area (Å²) in [6, 6.07) is -3.98. The Kier molecular flexibility index (Phi) is 9.18. The van der Waals surface area contributed by atoms with Gasteiger partial charge in [0, 0.05) is 18.3 Å². The van der Waals surface area contributed by atoms with Gasteiger partial charge in [-0.25, -0.2) is 4.98 Å². The Labute approximate surface area is 166 Å². The van der Waals surface area contributed by atoms with E-state index in [9.17, 15) is 29.4 Å². The van der Waals surface area contributed by atoms with Crippen molar-refractivity contribution in [2.45, 2.75) is 50.6 Å². The van der Waals surface area contributed by atoms with Crippen molar-refractivity contribution in [1.29, 1.82) is 0 Å². The summed E-state index contributed by atoms with van der Waals surface area (Å²) in [6.07, 6.45) is 0.222. The van der Waals surface area contributed by atoms with Gasteiger partial charge in [0.05, 0.1) is 18.5 Å². The first-order chi connectivity index (χ1) is 13.5. The van der Waals surface area contributed by atoms with Gasteiger partial charge >= 0.3 is 5.97 Å². The number of aliphatic hydroxyl groups excluding tert-OH is 2. The third kappa shape index (κ3) is 7.85. The summed E-state index contributed by atoms with van der Waals surface area (Å²) in [5.74, 6) is -3.85. The number of nitrogens with one attached hydrogen (secondary N) is 4. The number of aromatic amines is 1. The topological polar surface area (TPSA) is 220 Å². The number of nitrogens with two attached hydrogens (primary N) is 1. The molecule has 1 rings (SSSR count). The second kappa shape index (κ2) is 11.1. The number of nitrogens with zero attached hydrogens (tertiary/aromatic N) is 1. The number of hydrogen-bond acceptors (Lipinski definition) is 8. The Morgan fingerprint density at radius 2 is 1.76 bits per heavy atom. The predicted molar refractivity (Wildman–Crippen MR) is 98.1 cm³/mol. The summed E-state index contributed by atoms with van der Waals surface area (Å²) in [5.41, 5.74) is 6.06. The van der Waals surface area contributed by atoms with Crippen LogP contribution in [-0.2, 0) is 25.6 Å². The molecule has 5 unspecified atom stereocenters. The number of carboxylic acid groups (broad SMARTS) is 1. The van der Waals surface area contributed by atoms with Crippen LogP contribution in [0, 0.1) is 0 Å². The van der Waals surface area contributed by atoms with Crippen molar-refractivity contribution in [2.75, 3.05) is 6.54 Å². The average molecular weight is 414 g/mol. The first kappa shape index (κ1) is 24.0. The molecule has 0 saturated heterocycles. The van der Waals surface area contributed by atoms with Crippen molar-refractivity contribution in [1.82, 2.24) is 25.9 Å². The first-order valence-electron chi connectivity index (χ1n) is 8.72. The molecule has 9 N–H and O–H groups in total. The predicted octanol–water partition coefficient (Wildman–Crippen LogP) is -3.79. The second-order valence-corrected chi connectivity index (χ2v) is 6.45. The lowest BCUT2D eigenvalue weighted by Gasteiger charge is -2.25. The monoisotopic (exact) mass is 414 g/mol. The SMILES string of the molecule is CC(O)C(N)C(=O)NC(Cc1cnc[nH]1)C(=O)NC(C(=O)NCC(=O)O)C(C)O. The molecule has 0 spiro atoms. The zero-order chi connectivity index (χ0) is 22.1. The maximum atomic E-state index is 12.7. The molecule has 0 bridgehead atoms. The van der Waals surface area contributed by atoms with Gasteiger partial charge in [0.1, 0.15) is 24.7 Å². The van der Waals surface area contributed by atoms with Crippen LogP contribution in [0.2, 0.25) is 0 Å². The van der Waals surface area contributed by atoms with Crippen molar-refractivity contribution in [3.8, 4) is 0 Å². The van der Waals surface area contributed by atoms with Gasteiger partial charge < -0.3 is 42.0 Å². The molecule has 29 heavy (non-hydrogen) atoms. The Morgan fingerprint density at radius 3 is 2.24 bits per heavy atom. The van der Waals surface area contributed by atoms with Gasteiger partial charge in [-0.3, -0.25) is 19.2 Å². The Hall–Kier alpha value is -3.03. The molecule has 1 heterocycles. The smallest absolute Gasteiger partial charge is 0.322 e. The molecule has 0 aromatic carbocycles. The number of imidazole rings is 1. The van der Waals surface area contributed by atoms with Gasteiger partial charge in [-0.05, 0) is 13.8 Å². The highest BCUT2D eigenvalue weighted by atomic mass is 16.4. The van der Waals surface area contributed by atoms with Crippen molar-refractivity contribution in [3.63, 3.8) is 0 Å². The molecule has 3 amide bonds. The maximum absolute atomic E-state index is 12.7. The van der Waals surface area contributed by atoms with Crippen molar-refractivity contribution in [2.24, 2.45) is 5.73 Å². The molecule has 0 aliphatic rings. The molecule has 0 radical (unpaired) electrons. The van der Waals surface area contributed by atoms with Gasteiger partial charge in [-0.1, -0.05) is 0 Å². The minimum absolute atomic E-state index is 0.0482. The van der Waals surface area contributed by atoms with Gasteiger partial charge in [-0.2, -0.15) is 0 Å². The van der Waals surface area contributed by atoms with Crippen LogP contribution in [0.15, 0.2) is 12.5 Å². The lowest BCUT2D eigenvalue weighted by molar-refractivity contribution is -0.139. The van der Waals surface area contributed by atoms with E-state index in [0.717, 1.165) is 0 Å². The minimum Gasteiger partial charge on any atom is -0.480 e. The highest BCUT2D eigenvalue weighted by molar-refractivity contribution is 5.94. The van der Waals surface area contributed by atoms with E-state index < -0.39 is 60.6 Å². The highest BCUT2D eigenvalue weighted by Crippen LogP contribution is 2.03. The van der Waals surface area contributed by atoms with Gasteiger partial charge in [0.25, 0.3) is 0 Å². The van der Waals surface area contributed by atoms with Crippen molar-refractivity contribution >= 4 is 23.7 Å². The van der Waals surface area contributed by atoms with E-state index in [0.29, 0.717) is 5.69 Å². The number of amides is 3.